The Hall–Kier alpha value is -1.59. The molecule has 2 atom stereocenters. The van der Waals surface area contributed by atoms with Crippen LogP contribution in [0.4, 0.5) is 5.69 Å². The number of hydrogen-bond donors (Lipinski definition) is 4. The van der Waals surface area contributed by atoms with Crippen LogP contribution in [0.1, 0.15) is 101 Å². The molecule has 0 saturated heterocycles. The Labute approximate surface area is 172 Å². The van der Waals surface area contributed by atoms with Crippen LogP contribution in [0, 0.1) is 11.8 Å². The molecule has 1 aromatic carbocycles. The van der Waals surface area contributed by atoms with Gasteiger partial charge in [-0.15, -0.1) is 0 Å². The van der Waals surface area contributed by atoms with Crippen molar-refractivity contribution in [1.82, 2.24) is 0 Å². The summed E-state index contributed by atoms with van der Waals surface area (Å²) in [6.45, 7) is 8.87. The van der Waals surface area contributed by atoms with Crippen LogP contribution in [0.25, 0.3) is 0 Å². The van der Waals surface area contributed by atoms with Gasteiger partial charge in [0, 0.05) is 5.69 Å². The first-order valence-electron chi connectivity index (χ1n) is 10.9. The molecule has 0 bridgehead atoms. The maximum absolute atomic E-state index is 11.9. The van der Waals surface area contributed by atoms with Gasteiger partial charge in [0.2, 0.25) is 0 Å². The second-order valence-electron chi connectivity index (χ2n) is 7.71. The predicted molar refractivity (Wildman–Crippen MR) is 120 cm³/mol. The molecule has 0 radical (unpaired) electrons. The lowest BCUT2D eigenvalue weighted by molar-refractivity contribution is 0.0695. The lowest BCUT2D eigenvalue weighted by Crippen LogP contribution is -2.16. The van der Waals surface area contributed by atoms with E-state index in [1.54, 1.807) is 12.1 Å². The first-order valence-corrected chi connectivity index (χ1v) is 10.9. The van der Waals surface area contributed by atoms with Crippen molar-refractivity contribution >= 4 is 11.7 Å². The minimum atomic E-state index is -0.826. The van der Waals surface area contributed by atoms with Gasteiger partial charge in [-0.2, -0.15) is 0 Å². The molecule has 2 unspecified atom stereocenters. The van der Waals surface area contributed by atoms with Crippen molar-refractivity contribution in [2.24, 2.45) is 23.5 Å². The topological polar surface area (TPSA) is 115 Å². The Morgan fingerprint density at radius 1 is 0.893 bits per heavy atom. The summed E-state index contributed by atoms with van der Waals surface area (Å²) in [7, 11) is 0. The molecule has 1 aromatic rings. The number of carboxylic acids is 1. The highest BCUT2D eigenvalue weighted by Crippen LogP contribution is 2.31. The fraction of sp³-hybridized carbons (Fsp3) is 0.696. The predicted octanol–water partition coefficient (Wildman–Crippen LogP) is 5.30. The van der Waals surface area contributed by atoms with Gasteiger partial charge in [0.25, 0.3) is 0 Å². The minimum absolute atomic E-state index is 0.453. The normalized spacial score (nSPS) is 12.8. The summed E-state index contributed by atoms with van der Waals surface area (Å²) in [5.41, 5.74) is 9.66. The Kier molecular flexibility index (Phi) is 14.5. The zero-order chi connectivity index (χ0) is 21.5. The van der Waals surface area contributed by atoms with Gasteiger partial charge in [-0.05, 0) is 47.9 Å². The number of hydrogen-bond acceptors (Lipinski definition) is 4. The molecule has 0 aliphatic heterocycles. The smallest absolute Gasteiger partial charge is 0.335 e. The number of carbonyl (C=O) groups is 1. The van der Waals surface area contributed by atoms with Crippen molar-refractivity contribution in [3.63, 3.8) is 0 Å². The molecule has 162 valence electrons. The third-order valence-corrected chi connectivity index (χ3v) is 5.77. The highest BCUT2D eigenvalue weighted by Gasteiger charge is 2.21. The molecule has 0 amide bonds. The largest absolute Gasteiger partial charge is 0.478 e. The summed E-state index contributed by atoms with van der Waals surface area (Å²) in [6, 6.07) is 3.50. The van der Waals surface area contributed by atoms with Crippen molar-refractivity contribution in [3.05, 3.63) is 28.8 Å². The van der Waals surface area contributed by atoms with Gasteiger partial charge < -0.3 is 10.8 Å². The third kappa shape index (κ3) is 8.61. The van der Waals surface area contributed by atoms with Crippen molar-refractivity contribution < 1.29 is 9.90 Å². The summed E-state index contributed by atoms with van der Waals surface area (Å²) in [5.74, 6) is 8.29. The number of nitrogens with two attached hydrogens (primary N) is 3. The fourth-order valence-electron chi connectivity index (χ4n) is 3.85. The van der Waals surface area contributed by atoms with E-state index >= 15 is 0 Å². The number of anilines is 1. The SMILES string of the molecule is CCCCC(CC)Cc1c(N)ccc(C(=O)O)c1CC(CC)CCCC.NN. The van der Waals surface area contributed by atoms with Gasteiger partial charge in [-0.25, -0.2) is 4.79 Å². The van der Waals surface area contributed by atoms with Crippen molar-refractivity contribution in [2.45, 2.75) is 91.9 Å². The van der Waals surface area contributed by atoms with E-state index in [0.717, 1.165) is 48.9 Å². The molecule has 0 aromatic heterocycles. The van der Waals surface area contributed by atoms with Gasteiger partial charge in [0.1, 0.15) is 0 Å². The Morgan fingerprint density at radius 3 is 1.75 bits per heavy atom. The summed E-state index contributed by atoms with van der Waals surface area (Å²) in [4.78, 5) is 11.9. The van der Waals surface area contributed by atoms with Crippen LogP contribution in [0.15, 0.2) is 12.1 Å². The molecule has 7 N–H and O–H groups in total. The maximum atomic E-state index is 11.9. The zero-order valence-electron chi connectivity index (χ0n) is 18.5. The Balaban J connectivity index is 0.00000352. The van der Waals surface area contributed by atoms with Gasteiger partial charge in [0.05, 0.1) is 5.56 Å². The Morgan fingerprint density at radius 2 is 1.36 bits per heavy atom. The van der Waals surface area contributed by atoms with Crippen molar-refractivity contribution in [3.8, 4) is 0 Å². The molecule has 5 heteroatoms. The number of rotatable bonds is 13. The molecular weight excluding hydrogens is 350 g/mol. The van der Waals surface area contributed by atoms with E-state index in [-0.39, 0.29) is 0 Å². The number of nitrogen functional groups attached to an aromatic ring is 1. The van der Waals surface area contributed by atoms with E-state index in [0.29, 0.717) is 17.4 Å². The van der Waals surface area contributed by atoms with Crippen LogP contribution in [-0.2, 0) is 12.8 Å². The second-order valence-corrected chi connectivity index (χ2v) is 7.71. The number of carboxylic acid groups (broad SMARTS) is 1. The lowest BCUT2D eigenvalue weighted by Gasteiger charge is -2.23. The van der Waals surface area contributed by atoms with Crippen molar-refractivity contribution in [2.75, 3.05) is 5.73 Å². The lowest BCUT2D eigenvalue weighted by atomic mass is 9.82. The quantitative estimate of drug-likeness (QED) is 0.206. The first kappa shape index (κ1) is 26.4. The molecular formula is C23H43N3O2. The zero-order valence-corrected chi connectivity index (χ0v) is 18.5. The van der Waals surface area contributed by atoms with Gasteiger partial charge in [-0.1, -0.05) is 79.1 Å². The van der Waals surface area contributed by atoms with Crippen LogP contribution >= 0.6 is 0 Å². The van der Waals surface area contributed by atoms with E-state index in [9.17, 15) is 9.90 Å². The average molecular weight is 394 g/mol. The molecule has 0 saturated carbocycles. The second kappa shape index (κ2) is 15.3. The van der Waals surface area contributed by atoms with Crippen LogP contribution in [-0.4, -0.2) is 11.1 Å². The summed E-state index contributed by atoms with van der Waals surface area (Å²) in [6.07, 6.45) is 11.1. The van der Waals surface area contributed by atoms with Gasteiger partial charge in [0.15, 0.2) is 0 Å². The standard InChI is InChI=1S/C23H39NO2.H4N2/c1-5-9-11-17(7-3)15-20-19(23(25)26)13-14-22(24)21(20)16-18(8-4)12-10-6-2;1-2/h13-14,17-18H,5-12,15-16,24H2,1-4H3,(H,25,26);1-2H2. The van der Waals surface area contributed by atoms with Gasteiger partial charge >= 0.3 is 5.97 Å². The molecule has 28 heavy (non-hydrogen) atoms. The monoisotopic (exact) mass is 393 g/mol. The molecule has 0 aliphatic rings. The van der Waals surface area contributed by atoms with Gasteiger partial charge in [-0.3, -0.25) is 11.7 Å². The molecule has 0 heterocycles. The number of aromatic carboxylic acids is 1. The minimum Gasteiger partial charge on any atom is -0.478 e. The number of unbranched alkanes of at least 4 members (excludes halogenated alkanes) is 2. The summed E-state index contributed by atoms with van der Waals surface area (Å²) < 4.78 is 0. The van der Waals surface area contributed by atoms with Crippen molar-refractivity contribution in [1.29, 1.82) is 0 Å². The van der Waals surface area contributed by atoms with Crippen LogP contribution in [0.3, 0.4) is 0 Å². The van der Waals surface area contributed by atoms with Crippen LogP contribution in [0.5, 0.6) is 0 Å². The number of hydrazine groups is 1. The molecule has 1 rings (SSSR count). The van der Waals surface area contributed by atoms with E-state index in [2.05, 4.69) is 39.4 Å². The first-order chi connectivity index (χ1) is 13.5. The van der Waals surface area contributed by atoms with E-state index in [1.807, 2.05) is 0 Å². The molecule has 0 spiro atoms. The highest BCUT2D eigenvalue weighted by atomic mass is 16.4. The van der Waals surface area contributed by atoms with Crippen LogP contribution in [0.2, 0.25) is 0 Å². The van der Waals surface area contributed by atoms with E-state index in [1.165, 1.54) is 32.1 Å². The molecule has 5 nitrogen and oxygen atoms in total. The van der Waals surface area contributed by atoms with Crippen LogP contribution < -0.4 is 17.4 Å². The van der Waals surface area contributed by atoms with E-state index in [4.69, 9.17) is 5.73 Å². The number of benzene rings is 1. The highest BCUT2D eigenvalue weighted by molar-refractivity contribution is 5.90. The van der Waals surface area contributed by atoms with E-state index < -0.39 is 5.97 Å². The molecule has 0 aliphatic carbocycles. The average Bonchev–Trinajstić information content (AvgIpc) is 2.71. The Bertz CT molecular complexity index is 561. The fourth-order valence-corrected chi connectivity index (χ4v) is 3.85. The summed E-state index contributed by atoms with van der Waals surface area (Å²) >= 11 is 0. The summed E-state index contributed by atoms with van der Waals surface area (Å²) in [5, 5.41) is 9.73. The maximum Gasteiger partial charge on any atom is 0.335 e. The third-order valence-electron chi connectivity index (χ3n) is 5.77. The molecule has 0 fully saturated rings.